The second kappa shape index (κ2) is 54.2. The summed E-state index contributed by atoms with van der Waals surface area (Å²) >= 11 is 0. The Hall–Kier alpha value is -2.37. The van der Waals surface area contributed by atoms with Gasteiger partial charge in [-0.3, -0.25) is 14.4 Å². The van der Waals surface area contributed by atoms with Crippen LogP contribution in [0.25, 0.3) is 0 Å². The Morgan fingerprint density at radius 3 is 0.938 bits per heavy atom. The summed E-state index contributed by atoms with van der Waals surface area (Å²) in [4.78, 5) is 37.8. The molecule has 0 aliphatic rings. The van der Waals surface area contributed by atoms with Gasteiger partial charge in [0.15, 0.2) is 6.10 Å². The number of hydrogen-bond acceptors (Lipinski definition) is 6. The van der Waals surface area contributed by atoms with Gasteiger partial charge in [0, 0.05) is 19.3 Å². The van der Waals surface area contributed by atoms with Crippen molar-refractivity contribution in [1.82, 2.24) is 0 Å². The van der Waals surface area contributed by atoms with Crippen molar-refractivity contribution in [3.05, 3.63) is 36.5 Å². The first kappa shape index (κ1) is 62.6. The minimum Gasteiger partial charge on any atom is -0.462 e. The number of hydrogen-bond donors (Lipinski definition) is 0. The molecule has 0 amide bonds. The maximum Gasteiger partial charge on any atom is 0.306 e. The van der Waals surface area contributed by atoms with Gasteiger partial charge in [0.25, 0.3) is 0 Å². The highest BCUT2D eigenvalue weighted by Gasteiger charge is 2.19. The fourth-order valence-electron chi connectivity index (χ4n) is 8.40. The van der Waals surface area contributed by atoms with Crippen LogP contribution in [0.5, 0.6) is 0 Å². The molecule has 0 saturated carbocycles. The van der Waals surface area contributed by atoms with Crippen LogP contribution in [0.15, 0.2) is 36.5 Å². The quantitative estimate of drug-likeness (QED) is 0.0262. The van der Waals surface area contributed by atoms with Crippen LogP contribution in [0, 0.1) is 0 Å². The van der Waals surface area contributed by atoms with Crippen LogP contribution >= 0.6 is 0 Å². The molecule has 0 bridgehead atoms. The SMILES string of the molecule is CC/C=C\C/C=C\C/C=C\CCCCCC(=O)OC(COC(=O)CCCCCCCCC)COC(=O)CCCCCCCCCCCCCCCCCCCCCCCCCCCCC. The zero-order valence-electron chi connectivity index (χ0n) is 43.5. The average Bonchev–Trinajstić information content (AvgIpc) is 3.30. The Morgan fingerprint density at radius 1 is 0.323 bits per heavy atom. The molecule has 0 aromatic carbocycles. The first-order valence-electron chi connectivity index (χ1n) is 28.5. The third-order valence-corrected chi connectivity index (χ3v) is 12.7. The Kier molecular flexibility index (Phi) is 52.3. The highest BCUT2D eigenvalue weighted by molar-refractivity contribution is 5.71. The number of unbranched alkanes of at least 4 members (excludes halogenated alkanes) is 35. The molecule has 0 aliphatic carbocycles. The lowest BCUT2D eigenvalue weighted by Crippen LogP contribution is -2.30. The molecule has 0 heterocycles. The second-order valence-electron chi connectivity index (χ2n) is 19.2. The first-order chi connectivity index (χ1) is 32.0. The second-order valence-corrected chi connectivity index (χ2v) is 19.2. The summed E-state index contributed by atoms with van der Waals surface area (Å²) < 4.78 is 16.7. The fraction of sp³-hybridized carbons (Fsp3) is 0.847. The van der Waals surface area contributed by atoms with E-state index in [0.29, 0.717) is 19.3 Å². The van der Waals surface area contributed by atoms with Gasteiger partial charge in [0.2, 0.25) is 0 Å². The van der Waals surface area contributed by atoms with Crippen LogP contribution in [-0.4, -0.2) is 37.2 Å². The van der Waals surface area contributed by atoms with E-state index in [1.165, 1.54) is 180 Å². The molecule has 0 aromatic heterocycles. The Morgan fingerprint density at radius 2 is 0.600 bits per heavy atom. The lowest BCUT2D eigenvalue weighted by atomic mass is 10.0. The summed E-state index contributed by atoms with van der Waals surface area (Å²) in [7, 11) is 0. The predicted octanol–water partition coefficient (Wildman–Crippen LogP) is 18.9. The molecule has 0 N–H and O–H groups in total. The van der Waals surface area contributed by atoms with Crippen molar-refractivity contribution in [2.45, 2.75) is 309 Å². The summed E-state index contributed by atoms with van der Waals surface area (Å²) in [5.41, 5.74) is 0. The minimum absolute atomic E-state index is 0.0804. The molecule has 0 spiro atoms. The standard InChI is InChI=1S/C59H108O6/c1-4-7-10-13-16-18-20-22-23-24-25-26-27-28-29-30-31-32-33-34-35-37-38-40-43-46-49-52-58(61)64-55-56(54-63-57(60)51-48-45-42-15-12-9-6-3)65-59(62)53-50-47-44-41-39-36-21-19-17-14-11-8-5-2/h8,11,17,19,36,39,56H,4-7,9-10,12-16,18,20-35,37-38,40-55H2,1-3H3/b11-8-,19-17-,39-36-. The summed E-state index contributed by atoms with van der Waals surface area (Å²) in [5, 5.41) is 0. The van der Waals surface area contributed by atoms with Gasteiger partial charge in [-0.2, -0.15) is 0 Å². The highest BCUT2D eigenvalue weighted by atomic mass is 16.6. The Labute approximate surface area is 404 Å². The first-order valence-corrected chi connectivity index (χ1v) is 28.5. The van der Waals surface area contributed by atoms with E-state index < -0.39 is 6.10 Å². The summed E-state index contributed by atoms with van der Waals surface area (Å²) in [5.74, 6) is -0.905. The van der Waals surface area contributed by atoms with Crippen molar-refractivity contribution in [1.29, 1.82) is 0 Å². The van der Waals surface area contributed by atoms with E-state index in [2.05, 4.69) is 57.2 Å². The number of rotatable bonds is 52. The van der Waals surface area contributed by atoms with Crippen molar-refractivity contribution in [2.24, 2.45) is 0 Å². The van der Waals surface area contributed by atoms with Crippen LogP contribution < -0.4 is 0 Å². The molecule has 1 atom stereocenters. The lowest BCUT2D eigenvalue weighted by Gasteiger charge is -2.18. The molecular weight excluding hydrogens is 805 g/mol. The van der Waals surface area contributed by atoms with Crippen molar-refractivity contribution >= 4 is 17.9 Å². The molecule has 0 radical (unpaired) electrons. The third-order valence-electron chi connectivity index (χ3n) is 12.7. The van der Waals surface area contributed by atoms with Gasteiger partial charge in [-0.05, 0) is 51.4 Å². The smallest absolute Gasteiger partial charge is 0.306 e. The van der Waals surface area contributed by atoms with Crippen LogP contribution in [-0.2, 0) is 28.6 Å². The minimum atomic E-state index is -0.781. The topological polar surface area (TPSA) is 78.9 Å². The summed E-state index contributed by atoms with van der Waals surface area (Å²) in [6, 6.07) is 0. The monoisotopic (exact) mass is 913 g/mol. The lowest BCUT2D eigenvalue weighted by molar-refractivity contribution is -0.167. The average molecular weight is 914 g/mol. The molecule has 380 valence electrons. The van der Waals surface area contributed by atoms with Crippen LogP contribution in [0.1, 0.15) is 303 Å². The Bertz CT molecular complexity index is 1090. The fourth-order valence-corrected chi connectivity index (χ4v) is 8.40. The summed E-state index contributed by atoms with van der Waals surface area (Å²) in [6.45, 7) is 6.49. The van der Waals surface area contributed by atoms with Crippen molar-refractivity contribution in [3.63, 3.8) is 0 Å². The van der Waals surface area contributed by atoms with Gasteiger partial charge in [-0.1, -0.05) is 269 Å². The molecule has 65 heavy (non-hydrogen) atoms. The molecule has 0 aliphatic heterocycles. The normalized spacial score (nSPS) is 12.2. The Balaban J connectivity index is 4.04. The highest BCUT2D eigenvalue weighted by Crippen LogP contribution is 2.17. The number of carbonyl (C=O) groups is 3. The van der Waals surface area contributed by atoms with Gasteiger partial charge in [-0.25, -0.2) is 0 Å². The van der Waals surface area contributed by atoms with E-state index in [-0.39, 0.29) is 31.1 Å². The van der Waals surface area contributed by atoms with Crippen LogP contribution in [0.4, 0.5) is 0 Å². The van der Waals surface area contributed by atoms with E-state index in [0.717, 1.165) is 83.5 Å². The molecule has 0 saturated heterocycles. The van der Waals surface area contributed by atoms with Gasteiger partial charge < -0.3 is 14.2 Å². The summed E-state index contributed by atoms with van der Waals surface area (Å²) in [6.07, 6.45) is 64.7. The molecule has 0 rings (SSSR count). The number of ether oxygens (including phenoxy) is 3. The zero-order valence-corrected chi connectivity index (χ0v) is 43.5. The van der Waals surface area contributed by atoms with E-state index in [4.69, 9.17) is 14.2 Å². The van der Waals surface area contributed by atoms with Gasteiger partial charge >= 0.3 is 17.9 Å². The molecule has 1 unspecified atom stereocenters. The van der Waals surface area contributed by atoms with E-state index in [1.54, 1.807) is 0 Å². The van der Waals surface area contributed by atoms with E-state index in [1.807, 2.05) is 0 Å². The molecule has 6 heteroatoms. The largest absolute Gasteiger partial charge is 0.462 e. The van der Waals surface area contributed by atoms with Crippen molar-refractivity contribution < 1.29 is 28.6 Å². The van der Waals surface area contributed by atoms with E-state index in [9.17, 15) is 14.4 Å². The zero-order chi connectivity index (χ0) is 47.2. The van der Waals surface area contributed by atoms with Gasteiger partial charge in [0.1, 0.15) is 13.2 Å². The van der Waals surface area contributed by atoms with Crippen molar-refractivity contribution in [2.75, 3.05) is 13.2 Å². The van der Waals surface area contributed by atoms with Gasteiger partial charge in [0.05, 0.1) is 0 Å². The molecular formula is C59H108O6. The van der Waals surface area contributed by atoms with E-state index >= 15 is 0 Å². The molecule has 0 fully saturated rings. The van der Waals surface area contributed by atoms with Crippen molar-refractivity contribution in [3.8, 4) is 0 Å². The number of allylic oxidation sites excluding steroid dienone is 6. The predicted molar refractivity (Wildman–Crippen MR) is 279 cm³/mol. The number of esters is 3. The maximum atomic E-state index is 12.7. The van der Waals surface area contributed by atoms with Crippen LogP contribution in [0.2, 0.25) is 0 Å². The third kappa shape index (κ3) is 52.5. The maximum absolute atomic E-state index is 12.7. The molecule has 6 nitrogen and oxygen atoms in total. The van der Waals surface area contributed by atoms with Crippen LogP contribution in [0.3, 0.4) is 0 Å². The van der Waals surface area contributed by atoms with Gasteiger partial charge in [-0.15, -0.1) is 0 Å². The number of carbonyl (C=O) groups excluding carboxylic acids is 3. The molecule has 0 aromatic rings.